The maximum atomic E-state index is 14.2. The van der Waals surface area contributed by atoms with E-state index in [-0.39, 0.29) is 5.75 Å². The molecule has 3 aromatic rings. The van der Waals surface area contributed by atoms with E-state index in [9.17, 15) is 4.39 Å². The van der Waals surface area contributed by atoms with Crippen molar-refractivity contribution in [3.05, 3.63) is 53.3 Å². The van der Waals surface area contributed by atoms with Crippen LogP contribution >= 0.6 is 11.3 Å². The molecule has 172 valence electrons. The number of rotatable bonds is 5. The van der Waals surface area contributed by atoms with Crippen LogP contribution in [-0.2, 0) is 0 Å². The fourth-order valence-electron chi connectivity index (χ4n) is 4.44. The van der Waals surface area contributed by atoms with Gasteiger partial charge in [-0.2, -0.15) is 0 Å². The first kappa shape index (κ1) is 22.0. The van der Waals surface area contributed by atoms with Crippen LogP contribution in [0.15, 0.2) is 47.6 Å². The highest BCUT2D eigenvalue weighted by Crippen LogP contribution is 2.39. The van der Waals surface area contributed by atoms with Crippen molar-refractivity contribution in [2.75, 3.05) is 39.0 Å². The van der Waals surface area contributed by atoms with Crippen LogP contribution in [0.2, 0.25) is 0 Å². The number of likely N-dealkylation sites (N-methyl/N-ethyl adjacent to an activating group) is 1. The first-order valence-corrected chi connectivity index (χ1v) is 12.1. The van der Waals surface area contributed by atoms with Crippen molar-refractivity contribution >= 4 is 39.2 Å². The molecule has 0 bridgehead atoms. The van der Waals surface area contributed by atoms with Gasteiger partial charge in [-0.15, -0.1) is 11.3 Å². The molecule has 0 radical (unpaired) electrons. The van der Waals surface area contributed by atoms with Crippen molar-refractivity contribution in [1.29, 1.82) is 0 Å². The summed E-state index contributed by atoms with van der Waals surface area (Å²) >= 11 is 1.56. The van der Waals surface area contributed by atoms with Crippen LogP contribution in [0.4, 0.5) is 10.1 Å². The Morgan fingerprint density at radius 3 is 2.85 bits per heavy atom. The van der Waals surface area contributed by atoms with Gasteiger partial charge in [-0.05, 0) is 38.6 Å². The van der Waals surface area contributed by atoms with E-state index < -0.39 is 5.82 Å². The Labute approximate surface area is 197 Å². The van der Waals surface area contributed by atoms with Gasteiger partial charge in [0, 0.05) is 68.4 Å². The van der Waals surface area contributed by atoms with Crippen molar-refractivity contribution in [1.82, 2.24) is 14.8 Å². The Balaban J connectivity index is 1.31. The fourth-order valence-corrected chi connectivity index (χ4v) is 5.50. The van der Waals surface area contributed by atoms with E-state index in [2.05, 4.69) is 41.0 Å². The molecule has 33 heavy (non-hydrogen) atoms. The first-order valence-electron chi connectivity index (χ1n) is 11.2. The van der Waals surface area contributed by atoms with E-state index >= 15 is 0 Å². The number of benzene rings is 1. The second-order valence-corrected chi connectivity index (χ2v) is 9.95. The van der Waals surface area contributed by atoms with Crippen LogP contribution in [-0.4, -0.2) is 60.3 Å². The topological polar surface area (TPSA) is 67.0 Å². The highest BCUT2D eigenvalue weighted by atomic mass is 32.1. The summed E-state index contributed by atoms with van der Waals surface area (Å²) in [5.74, 6) is 0.654. The van der Waals surface area contributed by atoms with Crippen LogP contribution in [0.1, 0.15) is 18.2 Å². The third-order valence-electron chi connectivity index (χ3n) is 6.28. The van der Waals surface area contributed by atoms with E-state index in [0.29, 0.717) is 23.4 Å². The maximum Gasteiger partial charge on any atom is 0.167 e. The Morgan fingerprint density at radius 2 is 2.09 bits per heavy atom. The number of nitrogens with two attached hydrogens (primary N) is 1. The van der Waals surface area contributed by atoms with E-state index in [0.717, 1.165) is 53.4 Å². The minimum atomic E-state index is -0.489. The number of hydrogen-bond donors (Lipinski definition) is 1. The highest BCUT2D eigenvalue weighted by Gasteiger charge is 2.24. The highest BCUT2D eigenvalue weighted by molar-refractivity contribution is 7.20. The number of halogens is 1. The largest absolute Gasteiger partial charge is 0.453 e. The third-order valence-corrected chi connectivity index (χ3v) is 7.44. The van der Waals surface area contributed by atoms with E-state index in [1.165, 1.54) is 6.07 Å². The minimum Gasteiger partial charge on any atom is -0.453 e. The SMILES string of the molecule is CC1CN(C)CCN1CC1C=NC(c2cc3nccc(Oc4ccc(N)cc4F)c3s2)=CC1. The Bertz CT molecular complexity index is 1220. The third kappa shape index (κ3) is 4.78. The van der Waals surface area contributed by atoms with E-state index in [4.69, 9.17) is 15.5 Å². The maximum absolute atomic E-state index is 14.2. The van der Waals surface area contributed by atoms with Gasteiger partial charge in [0.15, 0.2) is 11.6 Å². The zero-order chi connectivity index (χ0) is 22.9. The zero-order valence-corrected chi connectivity index (χ0v) is 19.7. The molecule has 1 saturated heterocycles. The number of fused-ring (bicyclic) bond motifs is 1. The van der Waals surface area contributed by atoms with Gasteiger partial charge in [0.25, 0.3) is 0 Å². The van der Waals surface area contributed by atoms with Gasteiger partial charge in [-0.3, -0.25) is 14.9 Å². The molecule has 8 heteroatoms. The molecule has 2 aromatic heterocycles. The van der Waals surface area contributed by atoms with Crippen molar-refractivity contribution in [2.45, 2.75) is 19.4 Å². The number of piperazine rings is 1. The summed E-state index contributed by atoms with van der Waals surface area (Å²) < 4.78 is 21.0. The molecule has 0 amide bonds. The molecule has 2 unspecified atom stereocenters. The van der Waals surface area contributed by atoms with E-state index in [1.807, 2.05) is 6.07 Å². The van der Waals surface area contributed by atoms with Crippen molar-refractivity contribution in [3.8, 4) is 11.5 Å². The molecule has 0 aliphatic carbocycles. The van der Waals surface area contributed by atoms with Crippen molar-refractivity contribution < 1.29 is 9.13 Å². The number of nitrogens with zero attached hydrogens (tertiary/aromatic N) is 4. The van der Waals surface area contributed by atoms with Crippen LogP contribution < -0.4 is 10.5 Å². The predicted octanol–water partition coefficient (Wildman–Crippen LogP) is 4.88. The molecular formula is C25H28FN5OS. The first-order chi connectivity index (χ1) is 16.0. The lowest BCUT2D eigenvalue weighted by molar-refractivity contribution is 0.0934. The summed E-state index contributed by atoms with van der Waals surface area (Å²) in [6.07, 6.45) is 6.96. The Morgan fingerprint density at radius 1 is 1.21 bits per heavy atom. The van der Waals surface area contributed by atoms with Gasteiger partial charge >= 0.3 is 0 Å². The van der Waals surface area contributed by atoms with Crippen molar-refractivity contribution in [2.24, 2.45) is 10.9 Å². The van der Waals surface area contributed by atoms with Crippen LogP contribution in [0.5, 0.6) is 11.5 Å². The van der Waals surface area contributed by atoms with Gasteiger partial charge in [-0.1, -0.05) is 6.08 Å². The Hall–Kier alpha value is -2.81. The fraction of sp³-hybridized carbons (Fsp3) is 0.360. The van der Waals surface area contributed by atoms with E-state index in [1.54, 1.807) is 35.7 Å². The summed E-state index contributed by atoms with van der Waals surface area (Å²) in [6, 6.07) is 8.77. The van der Waals surface area contributed by atoms with Crippen LogP contribution in [0.3, 0.4) is 0 Å². The number of anilines is 1. The number of aliphatic imine (C=N–C) groups is 1. The summed E-state index contributed by atoms with van der Waals surface area (Å²) in [5, 5.41) is 0. The van der Waals surface area contributed by atoms with Crippen LogP contribution in [0.25, 0.3) is 15.9 Å². The standard InChI is InChI=1S/C25H28FN5OS/c1-16-14-30(2)9-10-31(16)15-17-3-5-20(29-13-17)24-12-21-25(33-24)23(7-8-28-21)32-22-6-4-18(27)11-19(22)26/h4-8,11-13,16-17H,3,9-10,14-15,27H2,1-2H3. The lowest BCUT2D eigenvalue weighted by atomic mass is 10.0. The Kier molecular flexibility index (Phi) is 6.14. The molecule has 5 rings (SSSR count). The molecule has 2 atom stereocenters. The molecule has 6 nitrogen and oxygen atoms in total. The number of hydrogen-bond acceptors (Lipinski definition) is 7. The van der Waals surface area contributed by atoms with Gasteiger partial charge in [-0.25, -0.2) is 4.39 Å². The zero-order valence-electron chi connectivity index (χ0n) is 18.9. The van der Waals surface area contributed by atoms with Crippen molar-refractivity contribution in [3.63, 3.8) is 0 Å². The smallest absolute Gasteiger partial charge is 0.167 e. The van der Waals surface area contributed by atoms with Gasteiger partial charge < -0.3 is 15.4 Å². The molecular weight excluding hydrogens is 437 g/mol. The summed E-state index contributed by atoms with van der Waals surface area (Å²) in [4.78, 5) is 15.3. The quantitative estimate of drug-likeness (QED) is 0.544. The molecule has 0 saturated carbocycles. The van der Waals surface area contributed by atoms with Gasteiger partial charge in [0.05, 0.1) is 20.8 Å². The summed E-state index contributed by atoms with van der Waals surface area (Å²) in [5.41, 5.74) is 7.78. The molecule has 2 aliphatic rings. The molecule has 2 aliphatic heterocycles. The molecule has 1 aromatic carbocycles. The molecule has 0 spiro atoms. The molecule has 4 heterocycles. The molecule has 1 fully saturated rings. The number of ether oxygens (including phenoxy) is 1. The molecule has 2 N–H and O–H groups in total. The average Bonchev–Trinajstić information content (AvgIpc) is 3.23. The minimum absolute atomic E-state index is 0.141. The second-order valence-electron chi connectivity index (χ2n) is 8.90. The predicted molar refractivity (Wildman–Crippen MR) is 134 cm³/mol. The summed E-state index contributed by atoms with van der Waals surface area (Å²) in [7, 11) is 2.19. The lowest BCUT2D eigenvalue weighted by Crippen LogP contribution is -2.51. The van der Waals surface area contributed by atoms with Crippen LogP contribution in [0, 0.1) is 11.7 Å². The van der Waals surface area contributed by atoms with Gasteiger partial charge in [0.2, 0.25) is 0 Å². The van der Waals surface area contributed by atoms with Gasteiger partial charge in [0.1, 0.15) is 5.75 Å². The number of allylic oxidation sites excluding steroid dienone is 1. The number of nitrogen functional groups attached to an aromatic ring is 1. The monoisotopic (exact) mass is 465 g/mol. The normalized spacial score (nSPS) is 22.0. The number of thiophene rings is 1. The number of pyridine rings is 1. The number of aromatic nitrogens is 1. The average molecular weight is 466 g/mol. The summed E-state index contributed by atoms with van der Waals surface area (Å²) in [6.45, 7) is 6.69. The lowest BCUT2D eigenvalue weighted by Gasteiger charge is -2.39. The second kappa shape index (κ2) is 9.21.